The SMILES string of the molecule is CSc1cc(=NS(=O)(=O)c2ccccc2)n2ccccc2n1. The summed E-state index contributed by atoms with van der Waals surface area (Å²) in [5.74, 6) is 0. The molecule has 0 saturated carbocycles. The van der Waals surface area contributed by atoms with Gasteiger partial charge in [-0.2, -0.15) is 8.42 Å². The van der Waals surface area contributed by atoms with Crippen LogP contribution in [0.15, 0.2) is 75.1 Å². The Hall–Kier alpha value is -2.12. The van der Waals surface area contributed by atoms with Gasteiger partial charge in [0, 0.05) is 12.3 Å². The Morgan fingerprint density at radius 3 is 2.55 bits per heavy atom. The highest BCUT2D eigenvalue weighted by molar-refractivity contribution is 7.98. The van der Waals surface area contributed by atoms with Gasteiger partial charge in [-0.3, -0.25) is 4.40 Å². The van der Waals surface area contributed by atoms with Gasteiger partial charge in [-0.05, 0) is 30.5 Å². The topological polar surface area (TPSA) is 63.8 Å². The lowest BCUT2D eigenvalue weighted by Crippen LogP contribution is -2.18. The summed E-state index contributed by atoms with van der Waals surface area (Å²) in [7, 11) is -3.76. The molecule has 0 atom stereocenters. The van der Waals surface area contributed by atoms with Crippen molar-refractivity contribution >= 4 is 27.4 Å². The molecule has 0 bridgehead atoms. The molecule has 0 radical (unpaired) electrons. The van der Waals surface area contributed by atoms with E-state index in [-0.39, 0.29) is 4.90 Å². The lowest BCUT2D eigenvalue weighted by molar-refractivity contribution is 0.596. The Labute approximate surface area is 132 Å². The summed E-state index contributed by atoms with van der Waals surface area (Å²) in [6, 6.07) is 15.3. The van der Waals surface area contributed by atoms with Gasteiger partial charge in [0.1, 0.15) is 10.7 Å². The van der Waals surface area contributed by atoms with Crippen LogP contribution in [0.3, 0.4) is 0 Å². The minimum absolute atomic E-state index is 0.169. The van der Waals surface area contributed by atoms with Crippen LogP contribution in [0.25, 0.3) is 5.65 Å². The van der Waals surface area contributed by atoms with Crippen LogP contribution in [0.5, 0.6) is 0 Å². The lowest BCUT2D eigenvalue weighted by atomic mass is 10.4. The van der Waals surface area contributed by atoms with Crippen molar-refractivity contribution in [1.29, 1.82) is 0 Å². The van der Waals surface area contributed by atoms with Crippen LogP contribution in [0.4, 0.5) is 0 Å². The molecule has 5 nitrogen and oxygen atoms in total. The van der Waals surface area contributed by atoms with Crippen molar-refractivity contribution in [3.05, 3.63) is 66.3 Å². The predicted molar refractivity (Wildman–Crippen MR) is 86.2 cm³/mol. The number of rotatable bonds is 3. The van der Waals surface area contributed by atoms with E-state index in [1.165, 1.54) is 23.9 Å². The minimum atomic E-state index is -3.76. The number of nitrogens with zero attached hydrogens (tertiary/aromatic N) is 3. The summed E-state index contributed by atoms with van der Waals surface area (Å²) in [4.78, 5) is 4.60. The molecule has 0 spiro atoms. The largest absolute Gasteiger partial charge is 0.285 e. The monoisotopic (exact) mass is 331 g/mol. The average molecular weight is 331 g/mol. The molecule has 1 aromatic carbocycles. The van der Waals surface area contributed by atoms with Crippen molar-refractivity contribution in [2.24, 2.45) is 4.40 Å². The Bertz CT molecular complexity index is 980. The second kappa shape index (κ2) is 5.94. The van der Waals surface area contributed by atoms with Crippen LogP contribution in [0, 0.1) is 0 Å². The number of hydrogen-bond acceptors (Lipinski definition) is 4. The predicted octanol–water partition coefficient (Wildman–Crippen LogP) is 2.35. The van der Waals surface area contributed by atoms with Crippen molar-refractivity contribution in [3.8, 4) is 0 Å². The van der Waals surface area contributed by atoms with Gasteiger partial charge in [0.05, 0.1) is 4.90 Å². The van der Waals surface area contributed by atoms with Crippen molar-refractivity contribution < 1.29 is 8.42 Å². The number of pyridine rings is 1. The second-order valence-electron chi connectivity index (χ2n) is 4.46. The van der Waals surface area contributed by atoms with Crippen molar-refractivity contribution in [2.45, 2.75) is 9.92 Å². The molecule has 0 N–H and O–H groups in total. The van der Waals surface area contributed by atoms with Gasteiger partial charge < -0.3 is 0 Å². The quantitative estimate of drug-likeness (QED) is 0.546. The number of thioether (sulfide) groups is 1. The summed E-state index contributed by atoms with van der Waals surface area (Å²) in [5.41, 5.74) is 0.982. The second-order valence-corrected chi connectivity index (χ2v) is 6.90. The number of fused-ring (bicyclic) bond motifs is 1. The van der Waals surface area contributed by atoms with Crippen LogP contribution in [-0.2, 0) is 10.0 Å². The Morgan fingerprint density at radius 2 is 1.82 bits per heavy atom. The molecule has 0 fully saturated rings. The Kier molecular flexibility index (Phi) is 4.00. The molecule has 0 aliphatic carbocycles. The van der Waals surface area contributed by atoms with Gasteiger partial charge in [-0.1, -0.05) is 24.3 Å². The Balaban J connectivity index is 2.29. The normalized spacial score (nSPS) is 12.7. The van der Waals surface area contributed by atoms with Gasteiger partial charge >= 0.3 is 0 Å². The zero-order chi connectivity index (χ0) is 15.6. The third kappa shape index (κ3) is 2.90. The zero-order valence-electron chi connectivity index (χ0n) is 11.7. The first kappa shape index (κ1) is 14.8. The maximum atomic E-state index is 12.4. The molecule has 0 amide bonds. The van der Waals surface area contributed by atoms with E-state index in [9.17, 15) is 8.42 Å². The van der Waals surface area contributed by atoms with E-state index in [2.05, 4.69) is 9.38 Å². The maximum absolute atomic E-state index is 12.4. The molecular weight excluding hydrogens is 318 g/mol. The van der Waals surface area contributed by atoms with Crippen molar-refractivity contribution in [3.63, 3.8) is 0 Å². The van der Waals surface area contributed by atoms with Gasteiger partial charge in [0.25, 0.3) is 10.0 Å². The smallest absolute Gasteiger partial charge is 0.284 e. The van der Waals surface area contributed by atoms with Gasteiger partial charge in [-0.25, -0.2) is 4.98 Å². The van der Waals surface area contributed by atoms with Gasteiger partial charge in [0.15, 0.2) is 5.49 Å². The molecule has 2 heterocycles. The number of sulfonamides is 1. The van der Waals surface area contributed by atoms with E-state index in [0.717, 1.165) is 0 Å². The Morgan fingerprint density at radius 1 is 1.09 bits per heavy atom. The van der Waals surface area contributed by atoms with E-state index in [1.807, 2.05) is 24.5 Å². The molecule has 22 heavy (non-hydrogen) atoms. The molecule has 3 aromatic rings. The van der Waals surface area contributed by atoms with E-state index < -0.39 is 10.0 Å². The van der Waals surface area contributed by atoms with Crippen molar-refractivity contribution in [1.82, 2.24) is 9.38 Å². The summed E-state index contributed by atoms with van der Waals surface area (Å²) in [6.45, 7) is 0. The first-order chi connectivity index (χ1) is 10.6. The van der Waals surface area contributed by atoms with Crippen LogP contribution in [-0.4, -0.2) is 24.1 Å². The molecule has 0 saturated heterocycles. The molecule has 112 valence electrons. The molecule has 0 aliphatic heterocycles. The summed E-state index contributed by atoms with van der Waals surface area (Å²) in [5, 5.41) is 0.716. The highest BCUT2D eigenvalue weighted by Crippen LogP contribution is 2.12. The standard InChI is InChI=1S/C15H13N3O2S2/c1-21-15-11-14(18-10-6-5-9-13(18)16-15)17-22(19,20)12-7-3-2-4-8-12/h2-11H,1H3. The summed E-state index contributed by atoms with van der Waals surface area (Å²) in [6.07, 6.45) is 3.63. The maximum Gasteiger partial charge on any atom is 0.284 e. The average Bonchev–Trinajstić information content (AvgIpc) is 2.55. The fourth-order valence-corrected chi connectivity index (χ4v) is 3.39. The molecule has 7 heteroatoms. The van der Waals surface area contributed by atoms with E-state index in [1.54, 1.807) is 34.9 Å². The summed E-state index contributed by atoms with van der Waals surface area (Å²) >= 11 is 1.44. The molecular formula is C15H13N3O2S2. The molecule has 0 unspecified atom stereocenters. The minimum Gasteiger partial charge on any atom is -0.285 e. The molecule has 3 rings (SSSR count). The van der Waals surface area contributed by atoms with Crippen molar-refractivity contribution in [2.75, 3.05) is 6.26 Å². The fraction of sp³-hybridized carbons (Fsp3) is 0.0667. The highest BCUT2D eigenvalue weighted by atomic mass is 32.2. The van der Waals surface area contributed by atoms with Crippen LogP contribution >= 0.6 is 11.8 Å². The van der Waals surface area contributed by atoms with Crippen LogP contribution in [0.2, 0.25) is 0 Å². The molecule has 0 aliphatic rings. The van der Waals surface area contributed by atoms with Gasteiger partial charge in [-0.15, -0.1) is 16.2 Å². The first-order valence-corrected chi connectivity index (χ1v) is 9.15. The lowest BCUT2D eigenvalue weighted by Gasteiger charge is -2.04. The molecule has 2 aromatic heterocycles. The highest BCUT2D eigenvalue weighted by Gasteiger charge is 2.12. The van der Waals surface area contributed by atoms with E-state index in [4.69, 9.17) is 0 Å². The first-order valence-electron chi connectivity index (χ1n) is 6.49. The third-order valence-corrected chi connectivity index (χ3v) is 4.95. The van der Waals surface area contributed by atoms with Crippen LogP contribution < -0.4 is 5.49 Å². The van der Waals surface area contributed by atoms with Gasteiger partial charge in [0.2, 0.25) is 0 Å². The fourth-order valence-electron chi connectivity index (χ4n) is 1.99. The van der Waals surface area contributed by atoms with E-state index in [0.29, 0.717) is 16.2 Å². The van der Waals surface area contributed by atoms with E-state index >= 15 is 0 Å². The number of hydrogen-bond donors (Lipinski definition) is 0. The van der Waals surface area contributed by atoms with Crippen LogP contribution in [0.1, 0.15) is 0 Å². The third-order valence-electron chi connectivity index (χ3n) is 3.03. The zero-order valence-corrected chi connectivity index (χ0v) is 13.4. The number of benzene rings is 1. The summed E-state index contributed by atoms with van der Waals surface area (Å²) < 4.78 is 30.5. The number of aromatic nitrogens is 2.